The Labute approximate surface area is 95.2 Å². The lowest BCUT2D eigenvalue weighted by Crippen LogP contribution is -2.45. The molecule has 0 aromatic rings. The SMILES string of the molecule is CCCC1CCCCN1C(C)CCCN. The van der Waals surface area contributed by atoms with Crippen LogP contribution in [0.2, 0.25) is 0 Å². The van der Waals surface area contributed by atoms with Crippen molar-refractivity contribution in [2.24, 2.45) is 5.73 Å². The highest BCUT2D eigenvalue weighted by molar-refractivity contribution is 4.80. The molecule has 0 aromatic carbocycles. The van der Waals surface area contributed by atoms with Crippen LogP contribution in [0.1, 0.15) is 58.8 Å². The van der Waals surface area contributed by atoms with Crippen LogP contribution in [0.25, 0.3) is 0 Å². The van der Waals surface area contributed by atoms with E-state index in [1.54, 1.807) is 0 Å². The molecule has 1 rings (SSSR count). The minimum Gasteiger partial charge on any atom is -0.330 e. The van der Waals surface area contributed by atoms with Crippen molar-refractivity contribution in [2.75, 3.05) is 13.1 Å². The van der Waals surface area contributed by atoms with Gasteiger partial charge < -0.3 is 5.73 Å². The Balaban J connectivity index is 2.39. The first-order valence-electron chi connectivity index (χ1n) is 6.75. The van der Waals surface area contributed by atoms with Crippen LogP contribution in [-0.4, -0.2) is 30.1 Å². The summed E-state index contributed by atoms with van der Waals surface area (Å²) in [5.41, 5.74) is 5.58. The monoisotopic (exact) mass is 212 g/mol. The topological polar surface area (TPSA) is 29.3 Å². The summed E-state index contributed by atoms with van der Waals surface area (Å²) in [5.74, 6) is 0. The van der Waals surface area contributed by atoms with E-state index in [4.69, 9.17) is 5.73 Å². The van der Waals surface area contributed by atoms with Crippen molar-refractivity contribution in [1.29, 1.82) is 0 Å². The average molecular weight is 212 g/mol. The molecular weight excluding hydrogens is 184 g/mol. The zero-order valence-corrected chi connectivity index (χ0v) is 10.5. The molecular formula is C13H28N2. The van der Waals surface area contributed by atoms with Gasteiger partial charge in [0.25, 0.3) is 0 Å². The summed E-state index contributed by atoms with van der Waals surface area (Å²) in [6.45, 7) is 6.84. The van der Waals surface area contributed by atoms with Crippen LogP contribution >= 0.6 is 0 Å². The van der Waals surface area contributed by atoms with Crippen LogP contribution in [-0.2, 0) is 0 Å². The molecule has 2 atom stereocenters. The van der Waals surface area contributed by atoms with Crippen LogP contribution in [0.15, 0.2) is 0 Å². The molecule has 2 heteroatoms. The molecule has 0 saturated carbocycles. The molecule has 0 aromatic heterocycles. The summed E-state index contributed by atoms with van der Waals surface area (Å²) in [5, 5.41) is 0. The highest BCUT2D eigenvalue weighted by Crippen LogP contribution is 2.24. The minimum absolute atomic E-state index is 0.741. The van der Waals surface area contributed by atoms with Crippen molar-refractivity contribution in [3.63, 3.8) is 0 Å². The molecule has 2 unspecified atom stereocenters. The fraction of sp³-hybridized carbons (Fsp3) is 1.00. The fourth-order valence-corrected chi connectivity index (χ4v) is 2.83. The molecule has 0 radical (unpaired) electrons. The van der Waals surface area contributed by atoms with Crippen LogP contribution in [0.4, 0.5) is 0 Å². The first-order chi connectivity index (χ1) is 7.29. The van der Waals surface area contributed by atoms with Crippen molar-refractivity contribution in [3.05, 3.63) is 0 Å². The van der Waals surface area contributed by atoms with Gasteiger partial charge in [0.1, 0.15) is 0 Å². The number of nitrogens with zero attached hydrogens (tertiary/aromatic N) is 1. The Bertz CT molecular complexity index is 157. The Hall–Kier alpha value is -0.0800. The highest BCUT2D eigenvalue weighted by atomic mass is 15.2. The van der Waals surface area contributed by atoms with Crippen molar-refractivity contribution >= 4 is 0 Å². The van der Waals surface area contributed by atoms with Crippen LogP contribution in [0.5, 0.6) is 0 Å². The molecule has 0 amide bonds. The summed E-state index contributed by atoms with van der Waals surface area (Å²) in [4.78, 5) is 2.74. The number of hydrogen-bond donors (Lipinski definition) is 1. The smallest absolute Gasteiger partial charge is 0.00979 e. The predicted molar refractivity (Wildman–Crippen MR) is 67.0 cm³/mol. The summed E-state index contributed by atoms with van der Waals surface area (Å²) in [6, 6.07) is 1.60. The number of piperidine rings is 1. The van der Waals surface area contributed by atoms with Crippen molar-refractivity contribution in [3.8, 4) is 0 Å². The van der Waals surface area contributed by atoms with Gasteiger partial charge in [-0.05, 0) is 52.1 Å². The maximum absolute atomic E-state index is 5.58. The van der Waals surface area contributed by atoms with Gasteiger partial charge in [0, 0.05) is 12.1 Å². The van der Waals surface area contributed by atoms with Crippen molar-refractivity contribution in [1.82, 2.24) is 4.90 Å². The van der Waals surface area contributed by atoms with Gasteiger partial charge >= 0.3 is 0 Å². The quantitative estimate of drug-likeness (QED) is 0.733. The third-order valence-electron chi connectivity index (χ3n) is 3.69. The minimum atomic E-state index is 0.741. The third-order valence-corrected chi connectivity index (χ3v) is 3.69. The maximum Gasteiger partial charge on any atom is 0.00979 e. The van der Waals surface area contributed by atoms with Gasteiger partial charge in [-0.3, -0.25) is 4.90 Å². The Kier molecular flexibility index (Phi) is 6.26. The first-order valence-corrected chi connectivity index (χ1v) is 6.75. The molecule has 1 aliphatic rings. The van der Waals surface area contributed by atoms with Gasteiger partial charge in [-0.25, -0.2) is 0 Å². The molecule has 15 heavy (non-hydrogen) atoms. The Morgan fingerprint density at radius 1 is 1.40 bits per heavy atom. The van der Waals surface area contributed by atoms with Gasteiger partial charge in [-0.1, -0.05) is 19.8 Å². The van der Waals surface area contributed by atoms with E-state index in [9.17, 15) is 0 Å². The standard InChI is InChI=1S/C13H28N2/c1-3-7-13-9-4-5-11-15(13)12(2)8-6-10-14/h12-13H,3-11,14H2,1-2H3. The molecule has 0 spiro atoms. The summed E-state index contributed by atoms with van der Waals surface area (Å²) >= 11 is 0. The van der Waals surface area contributed by atoms with Crippen molar-refractivity contribution < 1.29 is 0 Å². The lowest BCUT2D eigenvalue weighted by molar-refractivity contribution is 0.0911. The lowest BCUT2D eigenvalue weighted by Gasteiger charge is -2.40. The second kappa shape index (κ2) is 7.24. The zero-order valence-electron chi connectivity index (χ0n) is 10.5. The van der Waals surface area contributed by atoms with E-state index in [0.29, 0.717) is 0 Å². The van der Waals surface area contributed by atoms with E-state index >= 15 is 0 Å². The zero-order chi connectivity index (χ0) is 11.1. The van der Waals surface area contributed by atoms with E-state index in [1.165, 1.54) is 51.5 Å². The molecule has 0 bridgehead atoms. The van der Waals surface area contributed by atoms with Crippen LogP contribution < -0.4 is 5.73 Å². The van der Waals surface area contributed by atoms with E-state index in [0.717, 1.165) is 18.6 Å². The van der Waals surface area contributed by atoms with Crippen LogP contribution in [0.3, 0.4) is 0 Å². The molecule has 90 valence electrons. The second-order valence-corrected chi connectivity index (χ2v) is 4.96. The fourth-order valence-electron chi connectivity index (χ4n) is 2.83. The summed E-state index contributed by atoms with van der Waals surface area (Å²) < 4.78 is 0. The van der Waals surface area contributed by atoms with E-state index in [-0.39, 0.29) is 0 Å². The average Bonchev–Trinajstić information content (AvgIpc) is 2.27. The van der Waals surface area contributed by atoms with E-state index in [2.05, 4.69) is 18.7 Å². The van der Waals surface area contributed by atoms with Gasteiger partial charge in [0.15, 0.2) is 0 Å². The lowest BCUT2D eigenvalue weighted by atomic mass is 9.95. The third kappa shape index (κ3) is 4.12. The Morgan fingerprint density at radius 3 is 2.87 bits per heavy atom. The molecule has 1 fully saturated rings. The predicted octanol–water partition coefficient (Wildman–Crippen LogP) is 2.77. The van der Waals surface area contributed by atoms with Gasteiger partial charge in [-0.2, -0.15) is 0 Å². The number of hydrogen-bond acceptors (Lipinski definition) is 2. The molecule has 0 aliphatic carbocycles. The molecule has 2 N–H and O–H groups in total. The van der Waals surface area contributed by atoms with Gasteiger partial charge in [0.2, 0.25) is 0 Å². The molecule has 1 saturated heterocycles. The van der Waals surface area contributed by atoms with Gasteiger partial charge in [0.05, 0.1) is 0 Å². The normalized spacial score (nSPS) is 25.4. The highest BCUT2D eigenvalue weighted by Gasteiger charge is 2.25. The van der Waals surface area contributed by atoms with E-state index in [1.807, 2.05) is 0 Å². The summed E-state index contributed by atoms with van der Waals surface area (Å²) in [7, 11) is 0. The molecule has 1 heterocycles. The molecule has 2 nitrogen and oxygen atoms in total. The number of likely N-dealkylation sites (tertiary alicyclic amines) is 1. The largest absolute Gasteiger partial charge is 0.330 e. The summed E-state index contributed by atoms with van der Waals surface area (Å²) in [6.07, 6.45) is 9.41. The first kappa shape index (κ1) is 13.0. The molecule has 1 aliphatic heterocycles. The van der Waals surface area contributed by atoms with Crippen molar-refractivity contribution in [2.45, 2.75) is 70.9 Å². The second-order valence-electron chi connectivity index (χ2n) is 4.96. The number of rotatable bonds is 6. The van der Waals surface area contributed by atoms with Crippen LogP contribution in [0, 0.1) is 0 Å². The van der Waals surface area contributed by atoms with E-state index < -0.39 is 0 Å². The Morgan fingerprint density at radius 2 is 2.20 bits per heavy atom. The maximum atomic E-state index is 5.58. The van der Waals surface area contributed by atoms with Gasteiger partial charge in [-0.15, -0.1) is 0 Å². The number of nitrogens with two attached hydrogens (primary N) is 1.